The Morgan fingerprint density at radius 3 is 2.59 bits per heavy atom. The van der Waals surface area contributed by atoms with Gasteiger partial charge in [-0.25, -0.2) is 4.98 Å². The van der Waals surface area contributed by atoms with Gasteiger partial charge in [-0.1, -0.05) is 24.3 Å². The van der Waals surface area contributed by atoms with Crippen LogP contribution in [0.3, 0.4) is 0 Å². The van der Waals surface area contributed by atoms with Crippen LogP contribution in [0.4, 0.5) is 5.69 Å². The Kier molecular flexibility index (Phi) is 5.75. The Bertz CT molecular complexity index is 890. The van der Waals surface area contributed by atoms with Crippen molar-refractivity contribution in [3.63, 3.8) is 0 Å². The second-order valence-corrected chi connectivity index (χ2v) is 12.2. The Balaban J connectivity index is 1.57. The quantitative estimate of drug-likeness (QED) is 0.496. The average Bonchev–Trinajstić information content (AvgIpc) is 2.97. The zero-order chi connectivity index (χ0) is 20.8. The fourth-order valence-electron chi connectivity index (χ4n) is 4.65. The van der Waals surface area contributed by atoms with Crippen LogP contribution in [0.2, 0.25) is 0 Å². The van der Waals surface area contributed by atoms with Crippen molar-refractivity contribution in [1.29, 1.82) is 0 Å². The fraction of sp³-hybridized carbons (Fsp3) is 0.522. The number of anilines is 1. The lowest BCUT2D eigenvalue weighted by Gasteiger charge is -2.44. The van der Waals surface area contributed by atoms with Gasteiger partial charge in [0, 0.05) is 29.9 Å². The number of rotatable bonds is 3. The summed E-state index contributed by atoms with van der Waals surface area (Å²) in [6.45, 7) is 10.2. The summed E-state index contributed by atoms with van der Waals surface area (Å²) in [5.41, 5.74) is 5.22. The standard InChI is InChI=1S/C23H30BrN3OS/c1-16-13-18(15-25-21(16)24)27-11-9-23(10-12-27)14-17-7-5-6-8-19(17)20(23)26-29(28)22(2,3)4/h5-8,13,15,20,26H,9-12,14H2,1-4H3/t20-,29?/m1/s1. The summed E-state index contributed by atoms with van der Waals surface area (Å²) in [4.78, 5) is 6.92. The first-order valence-electron chi connectivity index (χ1n) is 10.3. The molecular formula is C23H30BrN3OS. The maximum atomic E-state index is 13.0. The molecule has 2 aromatic rings. The van der Waals surface area contributed by atoms with Crippen LogP contribution in [0.25, 0.3) is 0 Å². The molecule has 1 N–H and O–H groups in total. The van der Waals surface area contributed by atoms with E-state index in [1.165, 1.54) is 16.8 Å². The van der Waals surface area contributed by atoms with Gasteiger partial charge in [0.05, 0.1) is 17.9 Å². The summed E-state index contributed by atoms with van der Waals surface area (Å²) >= 11 is 2.41. The topological polar surface area (TPSA) is 51.2 Å². The largest absolute Gasteiger partial charge is 0.598 e. The Morgan fingerprint density at radius 1 is 1.24 bits per heavy atom. The Morgan fingerprint density at radius 2 is 1.93 bits per heavy atom. The fourth-order valence-corrected chi connectivity index (χ4v) is 5.81. The van der Waals surface area contributed by atoms with Crippen molar-refractivity contribution in [2.24, 2.45) is 5.41 Å². The number of hydrogen-bond donors (Lipinski definition) is 1. The van der Waals surface area contributed by atoms with Crippen LogP contribution in [0, 0.1) is 12.3 Å². The number of nitrogens with one attached hydrogen (secondary N) is 1. The zero-order valence-electron chi connectivity index (χ0n) is 17.7. The molecule has 156 valence electrons. The molecule has 1 fully saturated rings. The zero-order valence-corrected chi connectivity index (χ0v) is 20.1. The van der Waals surface area contributed by atoms with Crippen LogP contribution < -0.4 is 9.62 Å². The lowest BCUT2D eigenvalue weighted by Crippen LogP contribution is -2.49. The van der Waals surface area contributed by atoms with Crippen molar-refractivity contribution >= 4 is 33.0 Å². The summed E-state index contributed by atoms with van der Waals surface area (Å²) in [7, 11) is 0. The van der Waals surface area contributed by atoms with Gasteiger partial charge in [-0.2, -0.15) is 0 Å². The number of aromatic nitrogens is 1. The lowest BCUT2D eigenvalue weighted by molar-refractivity contribution is 0.176. The van der Waals surface area contributed by atoms with Crippen LogP contribution >= 0.6 is 15.9 Å². The molecule has 0 amide bonds. The first-order valence-corrected chi connectivity index (χ1v) is 12.3. The molecule has 29 heavy (non-hydrogen) atoms. The van der Waals surface area contributed by atoms with Crippen LogP contribution in [-0.2, 0) is 17.8 Å². The van der Waals surface area contributed by atoms with Crippen molar-refractivity contribution in [2.45, 2.75) is 57.7 Å². The van der Waals surface area contributed by atoms with E-state index in [1.807, 2.05) is 27.0 Å². The molecule has 2 atom stereocenters. The van der Waals surface area contributed by atoms with Gasteiger partial charge in [0.25, 0.3) is 0 Å². The SMILES string of the molecule is Cc1cc(N2CCC3(CC2)Cc2ccccc2[C@H]3N[S+]([O-])C(C)(C)C)cnc1Br. The number of benzene rings is 1. The molecule has 1 spiro atoms. The van der Waals surface area contributed by atoms with E-state index in [4.69, 9.17) is 0 Å². The van der Waals surface area contributed by atoms with E-state index < -0.39 is 11.4 Å². The van der Waals surface area contributed by atoms with Crippen molar-refractivity contribution in [3.05, 3.63) is 57.8 Å². The van der Waals surface area contributed by atoms with E-state index in [9.17, 15) is 4.55 Å². The van der Waals surface area contributed by atoms with Crippen LogP contribution in [-0.4, -0.2) is 27.4 Å². The van der Waals surface area contributed by atoms with Crippen LogP contribution in [0.15, 0.2) is 41.1 Å². The molecule has 6 heteroatoms. The first kappa shape index (κ1) is 21.2. The molecule has 1 aliphatic heterocycles. The van der Waals surface area contributed by atoms with Gasteiger partial charge in [0.2, 0.25) is 0 Å². The number of halogens is 1. The summed E-state index contributed by atoms with van der Waals surface area (Å²) < 4.78 is 17.2. The van der Waals surface area contributed by atoms with Gasteiger partial charge in [0.1, 0.15) is 9.35 Å². The number of fused-ring (bicyclic) bond motifs is 1. The van der Waals surface area contributed by atoms with Crippen molar-refractivity contribution in [1.82, 2.24) is 9.71 Å². The number of pyridine rings is 1. The normalized spacial score (nSPS) is 22.0. The molecule has 1 aliphatic carbocycles. The number of piperidine rings is 1. The summed E-state index contributed by atoms with van der Waals surface area (Å²) in [5, 5.41) is 0. The second-order valence-electron chi connectivity index (χ2n) is 9.46. The molecule has 1 unspecified atom stereocenters. The maximum absolute atomic E-state index is 13.0. The smallest absolute Gasteiger partial charge is 0.136 e. The highest BCUT2D eigenvalue weighted by Crippen LogP contribution is 2.52. The van der Waals surface area contributed by atoms with E-state index in [1.54, 1.807) is 0 Å². The molecule has 2 aliphatic rings. The molecule has 1 aromatic heterocycles. The molecule has 4 rings (SSSR count). The highest BCUT2D eigenvalue weighted by atomic mass is 79.9. The monoisotopic (exact) mass is 475 g/mol. The van der Waals surface area contributed by atoms with Gasteiger partial charge >= 0.3 is 0 Å². The van der Waals surface area contributed by atoms with Gasteiger partial charge in [-0.15, -0.1) is 4.72 Å². The highest BCUT2D eigenvalue weighted by Gasteiger charge is 2.50. The van der Waals surface area contributed by atoms with E-state index in [2.05, 4.69) is 67.8 Å². The Labute approximate surface area is 185 Å². The molecule has 0 bridgehead atoms. The van der Waals surface area contributed by atoms with Crippen molar-refractivity contribution in [2.75, 3.05) is 18.0 Å². The molecule has 0 saturated carbocycles. The minimum atomic E-state index is -1.09. The number of nitrogens with zero attached hydrogens (tertiary/aromatic N) is 2. The van der Waals surface area contributed by atoms with Gasteiger partial charge in [-0.05, 0) is 85.6 Å². The summed E-state index contributed by atoms with van der Waals surface area (Å²) in [5.74, 6) is 0. The molecule has 2 heterocycles. The van der Waals surface area contributed by atoms with Gasteiger partial charge in [0.15, 0.2) is 0 Å². The van der Waals surface area contributed by atoms with Crippen molar-refractivity contribution < 1.29 is 4.55 Å². The first-order chi connectivity index (χ1) is 13.7. The second kappa shape index (κ2) is 7.88. The third kappa shape index (κ3) is 4.09. The molecule has 1 saturated heterocycles. The van der Waals surface area contributed by atoms with Gasteiger partial charge in [-0.3, -0.25) is 0 Å². The minimum Gasteiger partial charge on any atom is -0.598 e. The number of hydrogen-bond acceptors (Lipinski definition) is 4. The summed E-state index contributed by atoms with van der Waals surface area (Å²) in [6.07, 6.45) is 5.18. The van der Waals surface area contributed by atoms with Gasteiger partial charge < -0.3 is 9.45 Å². The maximum Gasteiger partial charge on any atom is 0.136 e. The Hall–Kier alpha value is -1.08. The van der Waals surface area contributed by atoms with E-state index in [0.29, 0.717) is 0 Å². The molecule has 4 nitrogen and oxygen atoms in total. The lowest BCUT2D eigenvalue weighted by atomic mass is 9.73. The van der Waals surface area contributed by atoms with Crippen LogP contribution in [0.5, 0.6) is 0 Å². The highest BCUT2D eigenvalue weighted by molar-refractivity contribution is 9.10. The predicted molar refractivity (Wildman–Crippen MR) is 124 cm³/mol. The average molecular weight is 476 g/mol. The third-order valence-corrected chi connectivity index (χ3v) is 8.82. The number of aryl methyl sites for hydroxylation is 1. The van der Waals surface area contributed by atoms with Crippen molar-refractivity contribution in [3.8, 4) is 0 Å². The molecule has 1 aromatic carbocycles. The minimum absolute atomic E-state index is 0.124. The van der Waals surface area contributed by atoms with E-state index in [0.717, 1.165) is 42.5 Å². The molecule has 0 radical (unpaired) electrons. The van der Waals surface area contributed by atoms with Crippen LogP contribution in [0.1, 0.15) is 56.3 Å². The summed E-state index contributed by atoms with van der Waals surface area (Å²) in [6, 6.07) is 11.1. The molecular weight excluding hydrogens is 446 g/mol. The van der Waals surface area contributed by atoms with E-state index >= 15 is 0 Å². The van der Waals surface area contributed by atoms with E-state index in [-0.39, 0.29) is 16.2 Å². The third-order valence-electron chi connectivity index (χ3n) is 6.43. The predicted octanol–water partition coefficient (Wildman–Crippen LogP) is 5.09.